The number of fused-ring (bicyclic) bond motifs is 3. The highest BCUT2D eigenvalue weighted by atomic mass is 16.2. The van der Waals surface area contributed by atoms with Crippen molar-refractivity contribution in [1.82, 2.24) is 19.6 Å². The predicted octanol–water partition coefficient (Wildman–Crippen LogP) is 3.77. The minimum atomic E-state index is 0.209. The van der Waals surface area contributed by atoms with Gasteiger partial charge >= 0.3 is 0 Å². The molecule has 0 aliphatic carbocycles. The number of amides is 1. The van der Waals surface area contributed by atoms with Crippen molar-refractivity contribution >= 4 is 16.8 Å². The molecule has 5 heterocycles. The minimum absolute atomic E-state index is 0.209. The quantitative estimate of drug-likeness (QED) is 0.828. The standard InChI is InChI=1S/C20H26N4O.C2H6/c1-13(2)10-24-17-5-3-4-15-19(17)16(21-24)11-23(20(15)25)18-12-22-8-6-14(18)7-9-22;1-2/h3-5,13-14,18H,6-12H2,1-2H3;1-2H3. The molecule has 1 aromatic heterocycles. The van der Waals surface area contributed by atoms with Crippen molar-refractivity contribution in [2.45, 2.75) is 59.7 Å². The summed E-state index contributed by atoms with van der Waals surface area (Å²) in [4.78, 5) is 17.9. The fraction of sp³-hybridized carbons (Fsp3) is 0.636. The molecule has 1 aromatic carbocycles. The Hall–Kier alpha value is -1.88. The topological polar surface area (TPSA) is 41.4 Å². The average Bonchev–Trinajstić information content (AvgIpc) is 3.05. The molecule has 0 spiro atoms. The number of carbonyl (C=O) groups is 1. The van der Waals surface area contributed by atoms with Gasteiger partial charge in [-0.25, -0.2) is 0 Å². The number of piperidine rings is 3. The van der Waals surface area contributed by atoms with E-state index in [1.807, 2.05) is 26.0 Å². The van der Waals surface area contributed by atoms with E-state index in [2.05, 4.69) is 34.4 Å². The Morgan fingerprint density at radius 1 is 1.19 bits per heavy atom. The van der Waals surface area contributed by atoms with Crippen LogP contribution in [0.25, 0.3) is 10.9 Å². The molecule has 5 heteroatoms. The molecule has 4 aliphatic rings. The molecule has 0 radical (unpaired) electrons. The van der Waals surface area contributed by atoms with E-state index in [1.54, 1.807) is 0 Å². The van der Waals surface area contributed by atoms with Crippen molar-refractivity contribution in [2.24, 2.45) is 11.8 Å². The Balaban J connectivity index is 0.000000872. The van der Waals surface area contributed by atoms with Crippen molar-refractivity contribution in [2.75, 3.05) is 19.6 Å². The third-order valence-electron chi connectivity index (χ3n) is 6.22. The van der Waals surface area contributed by atoms with Crippen LogP contribution in [0.3, 0.4) is 0 Å². The highest BCUT2D eigenvalue weighted by Crippen LogP contribution is 2.36. The van der Waals surface area contributed by atoms with Crippen molar-refractivity contribution < 1.29 is 4.79 Å². The zero-order valence-electron chi connectivity index (χ0n) is 17.1. The highest BCUT2D eigenvalue weighted by Gasteiger charge is 2.42. The fourth-order valence-electron chi connectivity index (χ4n) is 5.02. The van der Waals surface area contributed by atoms with Crippen LogP contribution in [0.5, 0.6) is 0 Å². The lowest BCUT2D eigenvalue weighted by molar-refractivity contribution is 0.00361. The van der Waals surface area contributed by atoms with Crippen LogP contribution < -0.4 is 0 Å². The molecule has 5 nitrogen and oxygen atoms in total. The Kier molecular flexibility index (Phi) is 4.97. The lowest BCUT2D eigenvalue weighted by Gasteiger charge is -2.49. The summed E-state index contributed by atoms with van der Waals surface area (Å²) in [5.41, 5.74) is 3.05. The third-order valence-corrected chi connectivity index (χ3v) is 6.22. The predicted molar refractivity (Wildman–Crippen MR) is 109 cm³/mol. The van der Waals surface area contributed by atoms with Crippen LogP contribution in [0.1, 0.15) is 56.6 Å². The maximum Gasteiger partial charge on any atom is 0.255 e. The average molecular weight is 369 g/mol. The molecule has 2 aromatic rings. The molecule has 3 fully saturated rings. The Bertz CT molecular complexity index is 832. The Labute approximate surface area is 162 Å². The van der Waals surface area contributed by atoms with E-state index >= 15 is 0 Å². The van der Waals surface area contributed by atoms with Gasteiger partial charge in [-0.05, 0) is 49.9 Å². The summed E-state index contributed by atoms with van der Waals surface area (Å²) in [6, 6.07) is 6.46. The highest BCUT2D eigenvalue weighted by molar-refractivity contribution is 6.09. The van der Waals surface area contributed by atoms with E-state index in [0.29, 0.717) is 24.4 Å². The molecular weight excluding hydrogens is 336 g/mol. The third kappa shape index (κ3) is 3.06. The van der Waals surface area contributed by atoms with Gasteiger partial charge in [0.25, 0.3) is 5.91 Å². The van der Waals surface area contributed by atoms with Crippen LogP contribution in [0.15, 0.2) is 18.2 Å². The molecule has 0 N–H and O–H groups in total. The zero-order chi connectivity index (χ0) is 19.1. The summed E-state index contributed by atoms with van der Waals surface area (Å²) in [5, 5.41) is 6.00. The second-order valence-electron chi connectivity index (χ2n) is 8.36. The van der Waals surface area contributed by atoms with Gasteiger partial charge in [0.1, 0.15) is 0 Å². The molecule has 146 valence electrons. The van der Waals surface area contributed by atoms with Gasteiger partial charge in [-0.1, -0.05) is 33.8 Å². The number of benzene rings is 1. The molecule has 3 saturated heterocycles. The van der Waals surface area contributed by atoms with Gasteiger partial charge in [-0.15, -0.1) is 0 Å². The summed E-state index contributed by atoms with van der Waals surface area (Å²) in [6.07, 6.45) is 2.46. The molecule has 1 atom stereocenters. The van der Waals surface area contributed by atoms with E-state index in [4.69, 9.17) is 5.10 Å². The lowest BCUT2D eigenvalue weighted by Crippen LogP contribution is -2.59. The second kappa shape index (κ2) is 7.27. The minimum Gasteiger partial charge on any atom is -0.328 e. The van der Waals surface area contributed by atoms with Gasteiger partial charge in [0.2, 0.25) is 0 Å². The van der Waals surface area contributed by atoms with Crippen molar-refractivity contribution in [1.29, 1.82) is 0 Å². The first kappa shape index (κ1) is 18.5. The van der Waals surface area contributed by atoms with Crippen LogP contribution in [0.2, 0.25) is 0 Å². The molecule has 0 saturated carbocycles. The smallest absolute Gasteiger partial charge is 0.255 e. The summed E-state index contributed by atoms with van der Waals surface area (Å²) in [6.45, 7) is 13.4. The van der Waals surface area contributed by atoms with Crippen molar-refractivity contribution in [3.05, 3.63) is 29.5 Å². The van der Waals surface area contributed by atoms with Crippen LogP contribution in [0, 0.1) is 11.8 Å². The first-order chi connectivity index (χ1) is 13.1. The van der Waals surface area contributed by atoms with Gasteiger partial charge in [0, 0.05) is 24.5 Å². The summed E-state index contributed by atoms with van der Waals surface area (Å²) in [7, 11) is 0. The van der Waals surface area contributed by atoms with Gasteiger partial charge in [-0.2, -0.15) is 5.10 Å². The van der Waals surface area contributed by atoms with Gasteiger partial charge in [0.15, 0.2) is 0 Å². The van der Waals surface area contributed by atoms with Crippen molar-refractivity contribution in [3.63, 3.8) is 0 Å². The van der Waals surface area contributed by atoms with E-state index in [1.165, 1.54) is 25.9 Å². The van der Waals surface area contributed by atoms with E-state index in [9.17, 15) is 4.79 Å². The van der Waals surface area contributed by atoms with E-state index in [-0.39, 0.29) is 5.91 Å². The van der Waals surface area contributed by atoms with Crippen LogP contribution in [-0.4, -0.2) is 51.2 Å². The molecule has 1 unspecified atom stereocenters. The second-order valence-corrected chi connectivity index (χ2v) is 8.36. The maximum atomic E-state index is 13.3. The normalized spacial score (nSPS) is 26.5. The van der Waals surface area contributed by atoms with E-state index in [0.717, 1.165) is 35.2 Å². The largest absolute Gasteiger partial charge is 0.328 e. The number of hydrogen-bond donors (Lipinski definition) is 0. The molecule has 2 bridgehead atoms. The molecule has 1 amide bonds. The first-order valence-electron chi connectivity index (χ1n) is 10.6. The molecular formula is C22H32N4O. The van der Waals surface area contributed by atoms with Gasteiger partial charge in [0.05, 0.1) is 23.3 Å². The monoisotopic (exact) mass is 368 g/mol. The number of rotatable bonds is 3. The van der Waals surface area contributed by atoms with Crippen LogP contribution in [0.4, 0.5) is 0 Å². The number of hydrogen-bond acceptors (Lipinski definition) is 3. The molecule has 27 heavy (non-hydrogen) atoms. The maximum absolute atomic E-state index is 13.3. The SMILES string of the molecule is CC.CC(C)Cn1nc2c3c(cccc31)C(=O)N(C1CN3CCC1CC3)C2. The summed E-state index contributed by atoms with van der Waals surface area (Å²) < 4.78 is 2.10. The van der Waals surface area contributed by atoms with Crippen molar-refractivity contribution in [3.8, 4) is 0 Å². The van der Waals surface area contributed by atoms with Crippen LogP contribution >= 0.6 is 0 Å². The number of aromatic nitrogens is 2. The van der Waals surface area contributed by atoms with Gasteiger partial charge in [-0.3, -0.25) is 9.48 Å². The first-order valence-corrected chi connectivity index (χ1v) is 10.6. The van der Waals surface area contributed by atoms with E-state index < -0.39 is 0 Å². The molecule has 6 rings (SSSR count). The number of carbonyl (C=O) groups excluding carboxylic acids is 1. The summed E-state index contributed by atoms with van der Waals surface area (Å²) >= 11 is 0. The van der Waals surface area contributed by atoms with Gasteiger partial charge < -0.3 is 9.80 Å². The lowest BCUT2D eigenvalue weighted by atomic mass is 9.82. The van der Waals surface area contributed by atoms with Crippen LogP contribution in [-0.2, 0) is 13.1 Å². The zero-order valence-corrected chi connectivity index (χ0v) is 17.1. The fourth-order valence-corrected chi connectivity index (χ4v) is 5.02. The Morgan fingerprint density at radius 2 is 1.93 bits per heavy atom. The number of nitrogens with zero attached hydrogens (tertiary/aromatic N) is 4. The molecule has 4 aliphatic heterocycles. The summed E-state index contributed by atoms with van der Waals surface area (Å²) in [5.74, 6) is 1.41. The Morgan fingerprint density at radius 3 is 2.56 bits per heavy atom.